The van der Waals surface area contributed by atoms with Crippen LogP contribution in [0.25, 0.3) is 0 Å². The SMILES string of the molecule is CCS[C@@H]1CCC[C@H]1NC(=O)[C@@H](C(C)C)N1CCCC1=O. The van der Waals surface area contributed by atoms with E-state index in [4.69, 9.17) is 0 Å². The van der Waals surface area contributed by atoms with Gasteiger partial charge < -0.3 is 10.2 Å². The number of likely N-dealkylation sites (tertiary alicyclic amines) is 1. The number of carbonyl (C=O) groups is 2. The molecule has 1 N–H and O–H groups in total. The van der Waals surface area contributed by atoms with Crippen molar-refractivity contribution >= 4 is 23.6 Å². The van der Waals surface area contributed by atoms with Crippen LogP contribution >= 0.6 is 11.8 Å². The molecule has 4 nitrogen and oxygen atoms in total. The lowest BCUT2D eigenvalue weighted by Gasteiger charge is -2.32. The quantitative estimate of drug-likeness (QED) is 0.819. The van der Waals surface area contributed by atoms with E-state index >= 15 is 0 Å². The van der Waals surface area contributed by atoms with Crippen LogP contribution in [0.1, 0.15) is 52.9 Å². The first-order chi connectivity index (χ1) is 10.0. The topological polar surface area (TPSA) is 49.4 Å². The molecule has 2 fully saturated rings. The molecule has 1 saturated carbocycles. The zero-order valence-corrected chi connectivity index (χ0v) is 14.2. The largest absolute Gasteiger partial charge is 0.350 e. The second kappa shape index (κ2) is 7.52. The Balaban J connectivity index is 2.00. The summed E-state index contributed by atoms with van der Waals surface area (Å²) in [6.07, 6.45) is 4.93. The Kier molecular flexibility index (Phi) is 5.97. The van der Waals surface area contributed by atoms with Crippen molar-refractivity contribution in [2.75, 3.05) is 12.3 Å². The first-order valence-electron chi connectivity index (χ1n) is 8.26. The Morgan fingerprint density at radius 1 is 1.38 bits per heavy atom. The van der Waals surface area contributed by atoms with Crippen LogP contribution in [0.3, 0.4) is 0 Å². The van der Waals surface area contributed by atoms with Crippen LogP contribution in [-0.2, 0) is 9.59 Å². The van der Waals surface area contributed by atoms with E-state index in [0.717, 1.165) is 25.1 Å². The highest BCUT2D eigenvalue weighted by atomic mass is 32.2. The molecule has 0 spiro atoms. The first kappa shape index (κ1) is 16.7. The third-order valence-electron chi connectivity index (χ3n) is 4.51. The number of thioether (sulfide) groups is 1. The highest BCUT2D eigenvalue weighted by molar-refractivity contribution is 7.99. The van der Waals surface area contributed by atoms with Gasteiger partial charge in [0, 0.05) is 24.3 Å². The van der Waals surface area contributed by atoms with Gasteiger partial charge in [-0.3, -0.25) is 9.59 Å². The van der Waals surface area contributed by atoms with Gasteiger partial charge in [0.25, 0.3) is 0 Å². The zero-order valence-electron chi connectivity index (χ0n) is 13.4. The molecule has 1 aliphatic carbocycles. The highest BCUT2D eigenvalue weighted by Gasteiger charge is 2.37. The summed E-state index contributed by atoms with van der Waals surface area (Å²) in [5.41, 5.74) is 0. The minimum Gasteiger partial charge on any atom is -0.350 e. The molecule has 2 amide bonds. The molecule has 1 heterocycles. The van der Waals surface area contributed by atoms with Gasteiger partial charge in [-0.05, 0) is 30.9 Å². The second-order valence-electron chi connectivity index (χ2n) is 6.42. The van der Waals surface area contributed by atoms with Gasteiger partial charge in [0.05, 0.1) is 0 Å². The lowest BCUT2D eigenvalue weighted by molar-refractivity contribution is -0.139. The van der Waals surface area contributed by atoms with Crippen molar-refractivity contribution in [1.29, 1.82) is 0 Å². The van der Waals surface area contributed by atoms with Crippen LogP contribution < -0.4 is 5.32 Å². The van der Waals surface area contributed by atoms with E-state index < -0.39 is 0 Å². The zero-order chi connectivity index (χ0) is 15.4. The van der Waals surface area contributed by atoms with E-state index in [2.05, 4.69) is 12.2 Å². The summed E-state index contributed by atoms with van der Waals surface area (Å²) < 4.78 is 0. The Hall–Kier alpha value is -0.710. The lowest BCUT2D eigenvalue weighted by Crippen LogP contribution is -2.53. The van der Waals surface area contributed by atoms with E-state index in [-0.39, 0.29) is 29.8 Å². The first-order valence-corrected chi connectivity index (χ1v) is 9.31. The van der Waals surface area contributed by atoms with Crippen LogP contribution in [0, 0.1) is 5.92 Å². The van der Waals surface area contributed by atoms with E-state index in [1.807, 2.05) is 25.6 Å². The minimum absolute atomic E-state index is 0.0499. The monoisotopic (exact) mass is 312 g/mol. The van der Waals surface area contributed by atoms with Crippen molar-refractivity contribution in [2.24, 2.45) is 5.92 Å². The minimum atomic E-state index is -0.298. The van der Waals surface area contributed by atoms with E-state index in [1.165, 1.54) is 12.8 Å². The normalized spacial score (nSPS) is 27.4. The average Bonchev–Trinajstić information content (AvgIpc) is 3.01. The molecule has 21 heavy (non-hydrogen) atoms. The summed E-state index contributed by atoms with van der Waals surface area (Å²) in [5.74, 6) is 1.43. The average molecular weight is 312 g/mol. The lowest BCUT2D eigenvalue weighted by atomic mass is 10.0. The molecule has 0 bridgehead atoms. The molecular weight excluding hydrogens is 284 g/mol. The molecule has 0 aromatic heterocycles. The predicted octanol–water partition coefficient (Wildman–Crippen LogP) is 2.42. The molecule has 1 saturated heterocycles. The maximum atomic E-state index is 12.7. The van der Waals surface area contributed by atoms with Crippen molar-refractivity contribution < 1.29 is 9.59 Å². The molecule has 2 aliphatic rings. The van der Waals surface area contributed by atoms with Crippen LogP contribution in [-0.4, -0.2) is 46.3 Å². The summed E-state index contributed by atoms with van der Waals surface area (Å²) in [5, 5.41) is 3.78. The molecule has 0 radical (unpaired) electrons. The summed E-state index contributed by atoms with van der Waals surface area (Å²) in [4.78, 5) is 26.5. The molecule has 5 heteroatoms. The molecule has 3 atom stereocenters. The summed E-state index contributed by atoms with van der Waals surface area (Å²) in [6, 6.07) is -0.0192. The fourth-order valence-corrected chi connectivity index (χ4v) is 4.74. The van der Waals surface area contributed by atoms with Gasteiger partial charge in [0.1, 0.15) is 6.04 Å². The molecule has 2 rings (SSSR count). The van der Waals surface area contributed by atoms with Crippen LogP contribution in [0.15, 0.2) is 0 Å². The number of rotatable bonds is 6. The van der Waals surface area contributed by atoms with Crippen molar-refractivity contribution in [3.8, 4) is 0 Å². The molecule has 0 aromatic carbocycles. The van der Waals surface area contributed by atoms with Crippen LogP contribution in [0.2, 0.25) is 0 Å². The predicted molar refractivity (Wildman–Crippen MR) is 87.3 cm³/mol. The highest BCUT2D eigenvalue weighted by Crippen LogP contribution is 2.30. The summed E-state index contributed by atoms with van der Waals surface area (Å²) in [7, 11) is 0. The Labute approximate surface area is 132 Å². The van der Waals surface area contributed by atoms with Gasteiger partial charge in [-0.1, -0.05) is 27.2 Å². The van der Waals surface area contributed by atoms with Gasteiger partial charge in [-0.15, -0.1) is 0 Å². The van der Waals surface area contributed by atoms with Gasteiger partial charge in [-0.25, -0.2) is 0 Å². The molecule has 120 valence electrons. The van der Waals surface area contributed by atoms with Crippen LogP contribution in [0.5, 0.6) is 0 Å². The third kappa shape index (κ3) is 3.93. The number of nitrogens with one attached hydrogen (secondary N) is 1. The van der Waals surface area contributed by atoms with Crippen molar-refractivity contribution in [3.63, 3.8) is 0 Å². The Bertz CT molecular complexity index is 386. The van der Waals surface area contributed by atoms with Crippen LogP contribution in [0.4, 0.5) is 0 Å². The van der Waals surface area contributed by atoms with Gasteiger partial charge in [0.2, 0.25) is 11.8 Å². The maximum absolute atomic E-state index is 12.7. The maximum Gasteiger partial charge on any atom is 0.243 e. The van der Waals surface area contributed by atoms with Crippen molar-refractivity contribution in [3.05, 3.63) is 0 Å². The van der Waals surface area contributed by atoms with Crippen molar-refractivity contribution in [1.82, 2.24) is 10.2 Å². The third-order valence-corrected chi connectivity index (χ3v) is 5.83. The Morgan fingerprint density at radius 3 is 2.71 bits per heavy atom. The van der Waals surface area contributed by atoms with E-state index in [9.17, 15) is 9.59 Å². The van der Waals surface area contributed by atoms with E-state index in [0.29, 0.717) is 11.7 Å². The summed E-state index contributed by atoms with van der Waals surface area (Å²) >= 11 is 1.95. The fourth-order valence-electron chi connectivity index (χ4n) is 3.54. The number of carbonyl (C=O) groups excluding carboxylic acids is 2. The standard InChI is InChI=1S/C16H28N2O2S/c1-4-21-13-8-5-7-12(13)17-16(20)15(11(2)3)18-10-6-9-14(18)19/h11-13,15H,4-10H2,1-3H3,(H,17,20)/t12-,13-,15-/m1/s1. The molecule has 0 aromatic rings. The van der Waals surface area contributed by atoms with Crippen molar-refractivity contribution in [2.45, 2.75) is 70.2 Å². The number of amides is 2. The molecular formula is C16H28N2O2S. The van der Waals surface area contributed by atoms with Gasteiger partial charge in [-0.2, -0.15) is 11.8 Å². The number of hydrogen-bond donors (Lipinski definition) is 1. The van der Waals surface area contributed by atoms with Gasteiger partial charge >= 0.3 is 0 Å². The van der Waals surface area contributed by atoms with E-state index in [1.54, 1.807) is 4.90 Å². The smallest absolute Gasteiger partial charge is 0.243 e. The molecule has 0 unspecified atom stereocenters. The van der Waals surface area contributed by atoms with Gasteiger partial charge in [0.15, 0.2) is 0 Å². The fraction of sp³-hybridized carbons (Fsp3) is 0.875. The Morgan fingerprint density at radius 2 is 2.14 bits per heavy atom. The summed E-state index contributed by atoms with van der Waals surface area (Å²) in [6.45, 7) is 6.96. The molecule has 1 aliphatic heterocycles. The number of hydrogen-bond acceptors (Lipinski definition) is 3. The second-order valence-corrected chi connectivity index (χ2v) is 7.94. The number of nitrogens with zero attached hydrogens (tertiary/aromatic N) is 1.